The van der Waals surface area contributed by atoms with Gasteiger partial charge >= 0.3 is 0 Å². The molecule has 0 aromatic heterocycles. The predicted molar refractivity (Wildman–Crippen MR) is 78.3 cm³/mol. The third kappa shape index (κ3) is 4.47. The standard InChI is InChI=1S/C15H27N3O2/c1-17(12-15(20)18-10-4-5-11-18)14(19)8-7-13-6-2-3-9-16-13/h13,16H,2-12H2,1H3. The Hall–Kier alpha value is -1.10. The van der Waals surface area contributed by atoms with Gasteiger partial charge in [-0.3, -0.25) is 9.59 Å². The van der Waals surface area contributed by atoms with Gasteiger partial charge < -0.3 is 15.1 Å². The van der Waals surface area contributed by atoms with Crippen LogP contribution in [0.4, 0.5) is 0 Å². The predicted octanol–water partition coefficient (Wildman–Crippen LogP) is 0.989. The Balaban J connectivity index is 1.66. The molecule has 1 N–H and O–H groups in total. The van der Waals surface area contributed by atoms with Gasteiger partial charge in [-0.15, -0.1) is 0 Å². The van der Waals surface area contributed by atoms with Crippen LogP contribution in [-0.4, -0.2) is 60.9 Å². The zero-order valence-corrected chi connectivity index (χ0v) is 12.6. The summed E-state index contributed by atoms with van der Waals surface area (Å²) in [5.74, 6) is 0.180. The lowest BCUT2D eigenvalue weighted by Crippen LogP contribution is -2.40. The van der Waals surface area contributed by atoms with Gasteiger partial charge in [0, 0.05) is 32.6 Å². The number of likely N-dealkylation sites (N-methyl/N-ethyl adjacent to an activating group) is 1. The number of hydrogen-bond donors (Lipinski definition) is 1. The Morgan fingerprint density at radius 1 is 1.20 bits per heavy atom. The molecular weight excluding hydrogens is 254 g/mol. The summed E-state index contributed by atoms with van der Waals surface area (Å²) in [6, 6.07) is 0.482. The molecule has 20 heavy (non-hydrogen) atoms. The number of piperidine rings is 1. The first-order valence-corrected chi connectivity index (χ1v) is 7.92. The minimum Gasteiger partial charge on any atom is -0.341 e. The number of hydrogen-bond acceptors (Lipinski definition) is 3. The summed E-state index contributed by atoms with van der Waals surface area (Å²) < 4.78 is 0. The first kappa shape index (κ1) is 15.3. The molecule has 1 unspecified atom stereocenters. The first-order valence-electron chi connectivity index (χ1n) is 7.92. The maximum absolute atomic E-state index is 12.1. The summed E-state index contributed by atoms with van der Waals surface area (Å²) in [4.78, 5) is 27.5. The minimum absolute atomic E-state index is 0.0879. The zero-order valence-electron chi connectivity index (χ0n) is 12.6. The normalized spacial score (nSPS) is 22.9. The van der Waals surface area contributed by atoms with Gasteiger partial charge in [-0.05, 0) is 38.6 Å². The SMILES string of the molecule is CN(CC(=O)N1CCCC1)C(=O)CCC1CCCCN1. The molecule has 2 aliphatic rings. The second-order valence-electron chi connectivity index (χ2n) is 6.02. The van der Waals surface area contributed by atoms with Crippen LogP contribution in [-0.2, 0) is 9.59 Å². The topological polar surface area (TPSA) is 52.7 Å². The second-order valence-corrected chi connectivity index (χ2v) is 6.02. The molecule has 2 aliphatic heterocycles. The Labute approximate surface area is 121 Å². The Kier molecular flexibility index (Phi) is 5.83. The fourth-order valence-corrected chi connectivity index (χ4v) is 3.02. The number of nitrogens with one attached hydrogen (secondary N) is 1. The van der Waals surface area contributed by atoms with Gasteiger partial charge in [0.15, 0.2) is 0 Å². The molecule has 5 heteroatoms. The lowest BCUT2D eigenvalue weighted by molar-refractivity contribution is -0.138. The summed E-state index contributed by atoms with van der Waals surface area (Å²) in [6.07, 6.45) is 7.30. The van der Waals surface area contributed by atoms with E-state index < -0.39 is 0 Å². The van der Waals surface area contributed by atoms with Gasteiger partial charge in [-0.2, -0.15) is 0 Å². The summed E-state index contributed by atoms with van der Waals surface area (Å²) >= 11 is 0. The average Bonchev–Trinajstić information content (AvgIpc) is 3.00. The molecule has 2 fully saturated rings. The minimum atomic E-state index is 0.0879. The molecule has 0 spiro atoms. The van der Waals surface area contributed by atoms with Crippen molar-refractivity contribution in [2.24, 2.45) is 0 Å². The summed E-state index contributed by atoms with van der Waals surface area (Å²) in [6.45, 7) is 3.01. The lowest BCUT2D eigenvalue weighted by Gasteiger charge is -2.25. The Morgan fingerprint density at radius 3 is 2.60 bits per heavy atom. The van der Waals surface area contributed by atoms with E-state index in [0.29, 0.717) is 12.5 Å². The van der Waals surface area contributed by atoms with E-state index in [1.807, 2.05) is 4.90 Å². The van der Waals surface area contributed by atoms with E-state index in [9.17, 15) is 9.59 Å². The van der Waals surface area contributed by atoms with Gasteiger partial charge in [0.25, 0.3) is 0 Å². The van der Waals surface area contributed by atoms with Crippen LogP contribution in [0.1, 0.15) is 44.9 Å². The summed E-state index contributed by atoms with van der Waals surface area (Å²) in [5, 5.41) is 3.45. The number of nitrogens with zero attached hydrogens (tertiary/aromatic N) is 2. The molecule has 0 saturated carbocycles. The molecule has 0 radical (unpaired) electrons. The highest BCUT2D eigenvalue weighted by molar-refractivity contribution is 5.84. The fraction of sp³-hybridized carbons (Fsp3) is 0.867. The number of carbonyl (C=O) groups excluding carboxylic acids is 2. The molecule has 2 saturated heterocycles. The van der Waals surface area contributed by atoms with Crippen LogP contribution < -0.4 is 5.32 Å². The maximum Gasteiger partial charge on any atom is 0.242 e. The number of likely N-dealkylation sites (tertiary alicyclic amines) is 1. The quantitative estimate of drug-likeness (QED) is 0.817. The van der Waals surface area contributed by atoms with E-state index in [1.165, 1.54) is 19.3 Å². The summed E-state index contributed by atoms with van der Waals surface area (Å²) in [7, 11) is 1.74. The van der Waals surface area contributed by atoms with Crippen molar-refractivity contribution in [3.05, 3.63) is 0 Å². The van der Waals surface area contributed by atoms with Gasteiger partial charge in [0.05, 0.1) is 6.54 Å². The van der Waals surface area contributed by atoms with Crippen molar-refractivity contribution >= 4 is 11.8 Å². The van der Waals surface area contributed by atoms with Crippen molar-refractivity contribution in [2.45, 2.75) is 51.0 Å². The second kappa shape index (κ2) is 7.62. The van der Waals surface area contributed by atoms with Crippen LogP contribution in [0.15, 0.2) is 0 Å². The van der Waals surface area contributed by atoms with Crippen LogP contribution in [0.3, 0.4) is 0 Å². The highest BCUT2D eigenvalue weighted by Crippen LogP contribution is 2.13. The molecule has 2 rings (SSSR count). The molecule has 0 aliphatic carbocycles. The molecule has 5 nitrogen and oxygen atoms in total. The fourth-order valence-electron chi connectivity index (χ4n) is 3.02. The molecular formula is C15H27N3O2. The molecule has 0 aromatic rings. The third-order valence-electron chi connectivity index (χ3n) is 4.38. The van der Waals surface area contributed by atoms with Gasteiger partial charge in [0.1, 0.15) is 0 Å². The van der Waals surface area contributed by atoms with Crippen molar-refractivity contribution in [1.29, 1.82) is 0 Å². The van der Waals surface area contributed by atoms with E-state index in [1.54, 1.807) is 11.9 Å². The van der Waals surface area contributed by atoms with Crippen LogP contribution in [0, 0.1) is 0 Å². The van der Waals surface area contributed by atoms with E-state index in [2.05, 4.69) is 5.32 Å². The van der Waals surface area contributed by atoms with Gasteiger partial charge in [0.2, 0.25) is 11.8 Å². The monoisotopic (exact) mass is 281 g/mol. The maximum atomic E-state index is 12.1. The van der Waals surface area contributed by atoms with Crippen LogP contribution in [0.25, 0.3) is 0 Å². The highest BCUT2D eigenvalue weighted by Gasteiger charge is 2.21. The van der Waals surface area contributed by atoms with Crippen LogP contribution >= 0.6 is 0 Å². The Morgan fingerprint density at radius 2 is 1.95 bits per heavy atom. The third-order valence-corrected chi connectivity index (χ3v) is 4.38. The van der Waals surface area contributed by atoms with E-state index in [-0.39, 0.29) is 18.4 Å². The van der Waals surface area contributed by atoms with Gasteiger partial charge in [-0.25, -0.2) is 0 Å². The van der Waals surface area contributed by atoms with E-state index in [4.69, 9.17) is 0 Å². The smallest absolute Gasteiger partial charge is 0.242 e. The van der Waals surface area contributed by atoms with Gasteiger partial charge in [-0.1, -0.05) is 6.42 Å². The number of rotatable bonds is 5. The Bertz CT molecular complexity index is 334. The van der Waals surface area contributed by atoms with Crippen molar-refractivity contribution in [3.63, 3.8) is 0 Å². The molecule has 0 aromatic carbocycles. The van der Waals surface area contributed by atoms with Crippen molar-refractivity contribution in [2.75, 3.05) is 33.2 Å². The van der Waals surface area contributed by atoms with E-state index >= 15 is 0 Å². The van der Waals surface area contributed by atoms with Crippen molar-refractivity contribution in [3.8, 4) is 0 Å². The van der Waals surface area contributed by atoms with Crippen molar-refractivity contribution < 1.29 is 9.59 Å². The van der Waals surface area contributed by atoms with E-state index in [0.717, 1.165) is 38.9 Å². The lowest BCUT2D eigenvalue weighted by atomic mass is 10.0. The van der Waals surface area contributed by atoms with Crippen LogP contribution in [0.2, 0.25) is 0 Å². The zero-order chi connectivity index (χ0) is 14.4. The van der Waals surface area contributed by atoms with Crippen molar-refractivity contribution in [1.82, 2.24) is 15.1 Å². The largest absolute Gasteiger partial charge is 0.341 e. The molecule has 1 atom stereocenters. The molecule has 114 valence electrons. The highest BCUT2D eigenvalue weighted by atomic mass is 16.2. The molecule has 0 bridgehead atoms. The summed E-state index contributed by atoms with van der Waals surface area (Å²) in [5.41, 5.74) is 0. The average molecular weight is 281 g/mol. The first-order chi connectivity index (χ1) is 9.66. The number of amides is 2. The number of carbonyl (C=O) groups is 2. The molecule has 2 amide bonds. The molecule has 2 heterocycles. The van der Waals surface area contributed by atoms with Crippen LogP contribution in [0.5, 0.6) is 0 Å².